The topological polar surface area (TPSA) is 0 Å². The number of allylic oxidation sites excluding steroid dienone is 143. The van der Waals surface area contributed by atoms with Crippen LogP contribution in [0.15, 0.2) is 875 Å². The van der Waals surface area contributed by atoms with Crippen LogP contribution < -0.4 is 0 Å². The molecule has 0 atom stereocenters. The maximum atomic E-state index is 3.64. The predicted molar refractivity (Wildman–Crippen MR) is 665 cm³/mol. The molecule has 0 aromatic rings. The Morgan fingerprint density at radius 2 is 0.0897 bits per heavy atom. The fourth-order valence-corrected chi connectivity index (χ4v) is 9.11. The summed E-state index contributed by atoms with van der Waals surface area (Å²) in [5.41, 5.74) is 0. The third-order valence-electron chi connectivity index (χ3n) is 15.9. The first-order valence-electron chi connectivity index (χ1n) is 48.3. The lowest BCUT2D eigenvalue weighted by molar-refractivity contribution is 1.73. The number of rotatable bonds is 71. The van der Waals surface area contributed by atoms with Gasteiger partial charge in [0.15, 0.2) is 0 Å². The molecule has 0 aromatic heterocycles. The zero-order valence-electron chi connectivity index (χ0n) is 84.3. The zero-order valence-corrected chi connectivity index (χ0v) is 84.3. The van der Waals surface area contributed by atoms with Crippen molar-refractivity contribution in [3.8, 4) is 0 Å². The van der Waals surface area contributed by atoms with Crippen molar-refractivity contribution in [3.63, 3.8) is 0 Å². The molecule has 0 amide bonds. The van der Waals surface area contributed by atoms with Gasteiger partial charge in [-0.15, -0.1) is 0 Å². The van der Waals surface area contributed by atoms with E-state index in [0.717, 1.165) is 0 Å². The summed E-state index contributed by atoms with van der Waals surface area (Å²) >= 11 is 0. The lowest BCUT2D eigenvalue weighted by atomic mass is 10.3. The minimum absolute atomic E-state index is 1.75. The first-order chi connectivity index (χ1) is 72.4. The largest absolute Gasteiger partial charge is 0.0991 e. The highest BCUT2D eigenvalue weighted by Gasteiger charge is 1.78. The molecule has 0 bridgehead atoms. The fourth-order valence-electron chi connectivity index (χ4n) is 9.11. The molecule has 0 saturated carbocycles. The van der Waals surface area contributed by atoms with E-state index in [2.05, 4.69) is 6.58 Å². The van der Waals surface area contributed by atoms with E-state index in [9.17, 15) is 0 Å². The molecule has 0 aromatic carbocycles. The quantitative estimate of drug-likeness (QED) is 0.0533. The molecule has 0 radical (unpaired) electrons. The molecule has 0 aliphatic carbocycles. The fraction of sp³-hybridized carbons (Fsp3) is 0.00690. The van der Waals surface area contributed by atoms with Crippen LogP contribution in [0.2, 0.25) is 0 Å². The number of hydrogen-bond acceptors (Lipinski definition) is 0. The van der Waals surface area contributed by atoms with Gasteiger partial charge in [0.2, 0.25) is 0 Å². The lowest BCUT2D eigenvalue weighted by Crippen LogP contribution is -1.55. The highest BCUT2D eigenvalue weighted by molar-refractivity contribution is 5.36. The highest BCUT2D eigenvalue weighted by Crippen LogP contribution is 2.00. The van der Waals surface area contributed by atoms with Crippen LogP contribution in [-0.4, -0.2) is 0 Å². The Hall–Kier alpha value is -18.7. The van der Waals surface area contributed by atoms with Crippen LogP contribution >= 0.6 is 0 Å². The maximum absolute atomic E-state index is 3.64. The van der Waals surface area contributed by atoms with Crippen molar-refractivity contribution in [3.05, 3.63) is 875 Å². The summed E-state index contributed by atoms with van der Waals surface area (Å²) in [7, 11) is 0. The molecule has 0 spiro atoms. The Morgan fingerprint density at radius 3 is 0.124 bits per heavy atom. The molecule has 0 rings (SSSR count). The van der Waals surface area contributed by atoms with Crippen molar-refractivity contribution in [2.24, 2.45) is 0 Å². The van der Waals surface area contributed by atoms with E-state index in [1.165, 1.54) is 0 Å². The second-order valence-electron chi connectivity index (χ2n) is 27.7. The standard InChI is InChI=1S/C145H148/c1-3-5-7-9-11-13-15-17-19-21-23-25-27-29-31-33-35-37-39-41-43-45-47-49-51-53-55-57-59-61-63-65-67-69-71-73-75-77-79-81-83-85-87-89-91-93-95-97-99-101-103-105-107-109-111-113-115-117-119-121-123-125-127-129-131-133-135-137-139-141-143-145-144-142-140-138-136-134-132-130-128-126-124-122-120-118-116-114-112-110-108-106-104-102-100-98-96-94-92-90-88-86-84-82-80-78-76-74-72-70-68-66-64-62-60-58-56-54-52-50-48-46-44-42-40-38-36-34-32-30-28-26-24-22-20-18-16-14-12-10-8-6-4-2/h3-145H,1H2,2H3. The van der Waals surface area contributed by atoms with Crippen molar-refractivity contribution in [1.29, 1.82) is 0 Å². The summed E-state index contributed by atoms with van der Waals surface area (Å²) in [5.74, 6) is 0. The molecule has 0 nitrogen and oxygen atoms in total. The van der Waals surface area contributed by atoms with Gasteiger partial charge in [-0.3, -0.25) is 0 Å². The Morgan fingerprint density at radius 1 is 0.0552 bits per heavy atom. The van der Waals surface area contributed by atoms with Crippen molar-refractivity contribution in [1.82, 2.24) is 0 Å². The number of hydrogen-bond donors (Lipinski definition) is 0. The van der Waals surface area contributed by atoms with Gasteiger partial charge in [0.1, 0.15) is 0 Å². The van der Waals surface area contributed by atoms with Crippen molar-refractivity contribution in [2.45, 2.75) is 6.92 Å². The van der Waals surface area contributed by atoms with Crippen molar-refractivity contribution in [2.75, 3.05) is 0 Å². The highest BCUT2D eigenvalue weighted by atomic mass is 13.9. The molecule has 0 saturated heterocycles. The van der Waals surface area contributed by atoms with Gasteiger partial charge in [0.25, 0.3) is 0 Å². The molecular weight excluding hydrogens is 1740 g/mol. The van der Waals surface area contributed by atoms with E-state index in [1.807, 2.05) is 870 Å². The summed E-state index contributed by atoms with van der Waals surface area (Å²) < 4.78 is 0. The lowest BCUT2D eigenvalue weighted by Gasteiger charge is -1.77. The average molecular weight is 1890 g/mol. The second kappa shape index (κ2) is 125. The molecular formula is C145H148. The Kier molecular flexibility index (Phi) is 109. The predicted octanol–water partition coefficient (Wildman–Crippen LogP) is 40.7. The van der Waals surface area contributed by atoms with Gasteiger partial charge < -0.3 is 0 Å². The average Bonchev–Trinajstić information content (AvgIpc) is 1.11. The maximum Gasteiger partial charge on any atom is -0.0467 e. The van der Waals surface area contributed by atoms with Crippen LogP contribution in [0.3, 0.4) is 0 Å². The van der Waals surface area contributed by atoms with E-state index in [-0.39, 0.29) is 0 Å². The van der Waals surface area contributed by atoms with Crippen LogP contribution in [0, 0.1) is 0 Å². The Labute approximate surface area is 876 Å². The van der Waals surface area contributed by atoms with Gasteiger partial charge in [-0.1, -0.05) is 875 Å². The normalized spacial score (nSPS) is 15.8. The molecule has 728 valence electrons. The Bertz CT molecular complexity index is 5190. The van der Waals surface area contributed by atoms with Gasteiger partial charge >= 0.3 is 0 Å². The third kappa shape index (κ3) is 125. The van der Waals surface area contributed by atoms with Crippen LogP contribution in [0.1, 0.15) is 6.92 Å². The van der Waals surface area contributed by atoms with Crippen LogP contribution in [-0.2, 0) is 0 Å². The van der Waals surface area contributed by atoms with Gasteiger partial charge in [-0.25, -0.2) is 0 Å². The van der Waals surface area contributed by atoms with Gasteiger partial charge in [-0.05, 0) is 6.92 Å². The van der Waals surface area contributed by atoms with E-state index < -0.39 is 0 Å². The summed E-state index contributed by atoms with van der Waals surface area (Å²) in [4.78, 5) is 0. The van der Waals surface area contributed by atoms with E-state index in [4.69, 9.17) is 0 Å². The smallest absolute Gasteiger partial charge is 0.0467 e. The van der Waals surface area contributed by atoms with Crippen LogP contribution in [0.4, 0.5) is 0 Å². The summed E-state index contributed by atoms with van der Waals surface area (Å²) in [6.07, 6.45) is 285. The van der Waals surface area contributed by atoms with Crippen molar-refractivity contribution >= 4 is 0 Å². The summed E-state index contributed by atoms with van der Waals surface area (Å²) in [6.45, 7) is 5.64. The molecule has 0 fully saturated rings. The molecule has 0 N–H and O–H groups in total. The van der Waals surface area contributed by atoms with E-state index in [0.29, 0.717) is 0 Å². The second-order valence-corrected chi connectivity index (χ2v) is 27.7. The SMILES string of the molecule is C=CC=CC=CC=CC=CC=CC=CC=CC=CC=CC=CC=CC=CC=CC=CC=CC=CC=CC=CC=CC=CC=CC=CC=CC=CC=CC=CC=CC=CC=CC=CC=CC=CC=CC=CC=CC=CC=CC=CC=CC=CC=CC=CC=CC=CC=CC=CC=CC=CC=CC=CC=CC=CC=CC=CC=CC=CC=CC=CC=CC=CC=CC=CC=CC=CC=CC=CC=CC=CC=CC=CC=CC. The monoisotopic (exact) mass is 1890 g/mol. The summed E-state index contributed by atoms with van der Waals surface area (Å²) in [6, 6.07) is 0. The minimum Gasteiger partial charge on any atom is -0.0991 e. The first kappa shape index (κ1) is 126. The molecule has 0 heterocycles. The van der Waals surface area contributed by atoms with Gasteiger partial charge in [-0.2, -0.15) is 0 Å². The molecule has 145 heavy (non-hydrogen) atoms. The molecule has 0 aliphatic heterocycles. The van der Waals surface area contributed by atoms with Crippen LogP contribution in [0.25, 0.3) is 0 Å². The van der Waals surface area contributed by atoms with E-state index in [1.54, 1.807) is 6.08 Å². The van der Waals surface area contributed by atoms with Crippen LogP contribution in [0.5, 0.6) is 0 Å². The molecule has 0 heteroatoms. The zero-order chi connectivity index (χ0) is 103. The summed E-state index contributed by atoms with van der Waals surface area (Å²) in [5, 5.41) is 0. The van der Waals surface area contributed by atoms with Crippen molar-refractivity contribution < 1.29 is 0 Å². The van der Waals surface area contributed by atoms with Gasteiger partial charge in [0.05, 0.1) is 0 Å². The minimum atomic E-state index is 1.75. The first-order valence-corrected chi connectivity index (χ1v) is 48.3. The molecule has 0 unspecified atom stereocenters. The van der Waals surface area contributed by atoms with E-state index >= 15 is 0 Å². The Balaban J connectivity index is 4.14. The molecule has 0 aliphatic rings. The third-order valence-corrected chi connectivity index (χ3v) is 15.9. The van der Waals surface area contributed by atoms with Gasteiger partial charge in [0, 0.05) is 0 Å².